The maximum absolute atomic E-state index is 5.66. The van der Waals surface area contributed by atoms with Crippen molar-refractivity contribution in [2.24, 2.45) is 0 Å². The molecular formula is C9H7Cl3N4. The molecule has 0 aliphatic rings. The molecule has 16 heavy (non-hydrogen) atoms. The van der Waals surface area contributed by atoms with E-state index in [1.54, 1.807) is 18.2 Å². The largest absolute Gasteiger partial charge is 0.399 e. The van der Waals surface area contributed by atoms with Gasteiger partial charge in [0.15, 0.2) is 11.6 Å². The van der Waals surface area contributed by atoms with Gasteiger partial charge in [0.25, 0.3) is 0 Å². The fraction of sp³-hybridized carbons (Fsp3) is 0.111. The Morgan fingerprint density at radius 1 is 1.25 bits per heavy atom. The van der Waals surface area contributed by atoms with Gasteiger partial charge in [-0.25, -0.2) is 4.98 Å². The Kier molecular flexibility index (Phi) is 2.97. The highest BCUT2D eigenvalue weighted by atomic mass is 35.6. The Morgan fingerprint density at radius 3 is 2.56 bits per heavy atom. The molecule has 1 aromatic carbocycles. The second-order valence-corrected chi connectivity index (χ2v) is 5.41. The van der Waals surface area contributed by atoms with Crippen molar-refractivity contribution in [1.29, 1.82) is 0 Å². The normalized spacial score (nSPS) is 11.7. The van der Waals surface area contributed by atoms with Gasteiger partial charge in [-0.2, -0.15) is 5.10 Å². The van der Waals surface area contributed by atoms with Crippen LogP contribution in [0.4, 0.5) is 5.69 Å². The zero-order chi connectivity index (χ0) is 11.8. The number of nitrogens with one attached hydrogen (secondary N) is 1. The van der Waals surface area contributed by atoms with E-state index in [-0.39, 0.29) is 5.82 Å². The number of alkyl halides is 3. The highest BCUT2D eigenvalue weighted by molar-refractivity contribution is 6.66. The summed E-state index contributed by atoms with van der Waals surface area (Å²) in [7, 11) is 0. The molecule has 7 heteroatoms. The first-order valence-corrected chi connectivity index (χ1v) is 5.46. The highest BCUT2D eigenvalue weighted by Gasteiger charge is 2.27. The van der Waals surface area contributed by atoms with E-state index in [0.717, 1.165) is 5.56 Å². The van der Waals surface area contributed by atoms with Crippen LogP contribution < -0.4 is 5.73 Å². The zero-order valence-corrected chi connectivity index (χ0v) is 10.2. The molecular weight excluding hydrogens is 270 g/mol. The van der Waals surface area contributed by atoms with Crippen molar-refractivity contribution in [3.8, 4) is 11.4 Å². The molecule has 4 nitrogen and oxygen atoms in total. The molecule has 0 aliphatic carbocycles. The Bertz CT molecular complexity index is 503. The average Bonchev–Trinajstić information content (AvgIpc) is 2.65. The Balaban J connectivity index is 2.39. The molecule has 0 bridgehead atoms. The quantitative estimate of drug-likeness (QED) is 0.622. The van der Waals surface area contributed by atoms with E-state index < -0.39 is 3.79 Å². The lowest BCUT2D eigenvalue weighted by Gasteiger charge is -2.03. The van der Waals surface area contributed by atoms with Gasteiger partial charge in [-0.1, -0.05) is 46.9 Å². The van der Waals surface area contributed by atoms with Crippen LogP contribution in [-0.2, 0) is 3.79 Å². The van der Waals surface area contributed by atoms with Gasteiger partial charge >= 0.3 is 0 Å². The number of rotatable bonds is 1. The van der Waals surface area contributed by atoms with Crippen LogP contribution in [0.3, 0.4) is 0 Å². The number of halogens is 3. The number of H-pyrrole nitrogens is 1. The van der Waals surface area contributed by atoms with Crippen LogP contribution >= 0.6 is 34.8 Å². The van der Waals surface area contributed by atoms with Crippen molar-refractivity contribution in [2.75, 3.05) is 5.73 Å². The third-order valence-electron chi connectivity index (χ3n) is 1.90. The lowest BCUT2D eigenvalue weighted by atomic mass is 10.2. The third-order valence-corrected chi connectivity index (χ3v) is 2.44. The van der Waals surface area contributed by atoms with Crippen LogP contribution in [0.5, 0.6) is 0 Å². The van der Waals surface area contributed by atoms with E-state index in [4.69, 9.17) is 40.5 Å². The first kappa shape index (κ1) is 11.5. The van der Waals surface area contributed by atoms with Crippen LogP contribution in [-0.4, -0.2) is 15.2 Å². The van der Waals surface area contributed by atoms with E-state index in [2.05, 4.69) is 15.2 Å². The summed E-state index contributed by atoms with van der Waals surface area (Å²) >= 11 is 17.0. The predicted molar refractivity (Wildman–Crippen MR) is 65.5 cm³/mol. The summed E-state index contributed by atoms with van der Waals surface area (Å²) < 4.78 is -1.61. The lowest BCUT2D eigenvalue weighted by molar-refractivity contribution is 0.974. The molecule has 0 radical (unpaired) electrons. The number of aromatic nitrogens is 3. The van der Waals surface area contributed by atoms with E-state index in [1.165, 1.54) is 0 Å². The SMILES string of the molecule is Nc1cccc(-c2n[nH]c(C(Cl)(Cl)Cl)n2)c1. The predicted octanol–water partition coefficient (Wildman–Crippen LogP) is 2.88. The minimum absolute atomic E-state index is 0.176. The monoisotopic (exact) mass is 276 g/mol. The zero-order valence-electron chi connectivity index (χ0n) is 7.92. The molecule has 0 amide bonds. The van der Waals surface area contributed by atoms with E-state index in [1.807, 2.05) is 6.07 Å². The van der Waals surface area contributed by atoms with Gasteiger partial charge in [0.2, 0.25) is 3.79 Å². The molecule has 0 saturated heterocycles. The maximum atomic E-state index is 5.66. The van der Waals surface area contributed by atoms with Crippen molar-refractivity contribution in [3.63, 3.8) is 0 Å². The number of hydrogen-bond acceptors (Lipinski definition) is 3. The number of hydrogen-bond donors (Lipinski definition) is 2. The molecule has 0 spiro atoms. The number of benzene rings is 1. The van der Waals surface area contributed by atoms with Gasteiger partial charge in [0.05, 0.1) is 0 Å². The van der Waals surface area contributed by atoms with Gasteiger partial charge in [0, 0.05) is 11.3 Å². The van der Waals surface area contributed by atoms with Crippen molar-refractivity contribution in [2.45, 2.75) is 3.79 Å². The molecule has 0 unspecified atom stereocenters. The van der Waals surface area contributed by atoms with Crippen LogP contribution in [0.25, 0.3) is 11.4 Å². The summed E-state index contributed by atoms with van der Waals surface area (Å²) in [5, 5.41) is 6.51. The first-order valence-electron chi connectivity index (χ1n) is 4.32. The summed E-state index contributed by atoms with van der Waals surface area (Å²) in [6.45, 7) is 0. The smallest absolute Gasteiger partial charge is 0.249 e. The number of nitrogen functional groups attached to an aromatic ring is 1. The summed E-state index contributed by atoms with van der Waals surface area (Å²) in [6.07, 6.45) is 0. The molecule has 0 atom stereocenters. The van der Waals surface area contributed by atoms with Gasteiger partial charge in [-0.05, 0) is 12.1 Å². The molecule has 1 heterocycles. The second-order valence-electron chi connectivity index (χ2n) is 3.13. The van der Waals surface area contributed by atoms with Crippen LogP contribution in [0, 0.1) is 0 Å². The summed E-state index contributed by atoms with van der Waals surface area (Å²) in [4.78, 5) is 4.07. The average molecular weight is 278 g/mol. The molecule has 3 N–H and O–H groups in total. The fourth-order valence-corrected chi connectivity index (χ4v) is 1.45. The molecule has 1 aromatic heterocycles. The Hall–Kier alpha value is -0.970. The van der Waals surface area contributed by atoms with Gasteiger partial charge < -0.3 is 5.73 Å². The Morgan fingerprint density at radius 2 is 2.00 bits per heavy atom. The van der Waals surface area contributed by atoms with E-state index >= 15 is 0 Å². The van der Waals surface area contributed by atoms with Crippen molar-refractivity contribution < 1.29 is 0 Å². The molecule has 2 aromatic rings. The number of nitrogens with zero attached hydrogens (tertiary/aromatic N) is 2. The van der Waals surface area contributed by atoms with Crippen LogP contribution in [0.2, 0.25) is 0 Å². The molecule has 0 aliphatic heterocycles. The van der Waals surface area contributed by atoms with Gasteiger partial charge in [0.1, 0.15) is 0 Å². The van der Waals surface area contributed by atoms with Crippen LogP contribution in [0.1, 0.15) is 5.82 Å². The van der Waals surface area contributed by atoms with Gasteiger partial charge in [-0.3, -0.25) is 5.10 Å². The van der Waals surface area contributed by atoms with Crippen molar-refractivity contribution in [3.05, 3.63) is 30.1 Å². The minimum Gasteiger partial charge on any atom is -0.399 e. The highest BCUT2D eigenvalue weighted by Crippen LogP contribution is 2.36. The lowest BCUT2D eigenvalue weighted by Crippen LogP contribution is -2.02. The standard InChI is InChI=1S/C9H7Cl3N4/c10-9(11,12)8-14-7(15-16-8)5-2-1-3-6(13)4-5/h1-4H,13H2,(H,14,15,16). The van der Waals surface area contributed by atoms with Crippen molar-refractivity contribution >= 4 is 40.5 Å². The first-order chi connectivity index (χ1) is 7.47. The topological polar surface area (TPSA) is 67.6 Å². The third kappa shape index (κ3) is 2.40. The maximum Gasteiger partial charge on any atom is 0.249 e. The number of aromatic amines is 1. The number of nitrogens with two attached hydrogens (primary N) is 1. The molecule has 84 valence electrons. The van der Waals surface area contributed by atoms with E-state index in [0.29, 0.717) is 11.5 Å². The van der Waals surface area contributed by atoms with Crippen LogP contribution in [0.15, 0.2) is 24.3 Å². The molecule has 0 fully saturated rings. The van der Waals surface area contributed by atoms with Gasteiger partial charge in [-0.15, -0.1) is 0 Å². The van der Waals surface area contributed by atoms with E-state index in [9.17, 15) is 0 Å². The molecule has 0 saturated carbocycles. The molecule has 2 rings (SSSR count). The second kappa shape index (κ2) is 4.13. The Labute approximate surface area is 107 Å². The summed E-state index contributed by atoms with van der Waals surface area (Å²) in [5.41, 5.74) is 7.03. The number of anilines is 1. The minimum atomic E-state index is -1.61. The summed E-state index contributed by atoms with van der Waals surface area (Å²) in [6, 6.07) is 7.13. The fourth-order valence-electron chi connectivity index (χ4n) is 1.20. The summed E-state index contributed by atoms with van der Waals surface area (Å²) in [5.74, 6) is 0.614. The van der Waals surface area contributed by atoms with Crippen molar-refractivity contribution in [1.82, 2.24) is 15.2 Å².